The van der Waals surface area contributed by atoms with Crippen molar-refractivity contribution in [2.24, 2.45) is 29.4 Å². The van der Waals surface area contributed by atoms with E-state index < -0.39 is 110 Å². The quantitative estimate of drug-likeness (QED) is 0.0406. The summed E-state index contributed by atoms with van der Waals surface area (Å²) < 4.78 is 50.3. The number of amides is 5. The van der Waals surface area contributed by atoms with Gasteiger partial charge in [0.15, 0.2) is 5.78 Å². The number of Topliss-reactive ketones (excluding diaryl/α,β-unsaturated/α-hetero) is 1. The van der Waals surface area contributed by atoms with E-state index in [1.165, 1.54) is 4.90 Å². The molecule has 5 amide bonds. The molecule has 400 valence electrons. The monoisotopic (exact) mass is 991 g/mol. The van der Waals surface area contributed by atoms with Crippen LogP contribution >= 0.6 is 0 Å². The van der Waals surface area contributed by atoms with Crippen LogP contribution in [0.4, 0.5) is 18.4 Å². The lowest BCUT2D eigenvalue weighted by Crippen LogP contribution is -2.60. The number of nitrogens with two attached hydrogens (primary N) is 1. The van der Waals surface area contributed by atoms with E-state index in [1.54, 1.807) is 55.5 Å². The molecule has 0 bridgehead atoms. The van der Waals surface area contributed by atoms with Crippen LogP contribution in [0.25, 0.3) is 0 Å². The SMILES string of the molecule is CCCCCC[C@H](OC[C@H](C)CCC(=O)[C@@H](N)COCC(F)(F)CNC(=O)OC(C)(C)C)[C@H](C)C(=O)N(C)[C@H](CC(C)C)C(=O)N[C@H](C(=O)N[C@H](CNC(=O)OC(C)(C)C)C(=O)O)C1CCCCC1. The fraction of sp³-hybridized carbons (Fsp3) is 0.857. The van der Waals surface area contributed by atoms with Gasteiger partial charge in [-0.1, -0.05) is 79.6 Å². The van der Waals surface area contributed by atoms with Crippen LogP contribution in [0.2, 0.25) is 0 Å². The van der Waals surface area contributed by atoms with Crippen molar-refractivity contribution >= 4 is 41.7 Å². The highest BCUT2D eigenvalue weighted by molar-refractivity contribution is 5.94. The summed E-state index contributed by atoms with van der Waals surface area (Å²) in [7, 11) is 1.56. The highest BCUT2D eigenvalue weighted by Crippen LogP contribution is 2.28. The van der Waals surface area contributed by atoms with Gasteiger partial charge in [-0.05, 0) is 91.4 Å². The zero-order chi connectivity index (χ0) is 52.7. The van der Waals surface area contributed by atoms with Gasteiger partial charge in [0.25, 0.3) is 5.92 Å². The molecule has 1 aliphatic carbocycles. The van der Waals surface area contributed by atoms with Crippen LogP contribution in [-0.4, -0.2) is 139 Å². The van der Waals surface area contributed by atoms with Crippen LogP contribution < -0.4 is 27.0 Å². The first-order chi connectivity index (χ1) is 32.0. The second-order valence-corrected chi connectivity index (χ2v) is 21.2. The van der Waals surface area contributed by atoms with Gasteiger partial charge in [0.2, 0.25) is 17.7 Å². The first-order valence-corrected chi connectivity index (χ1v) is 24.9. The molecular weight excluding hydrogens is 903 g/mol. The Bertz CT molecular complexity index is 1620. The Hall–Kier alpha value is -4.17. The summed E-state index contributed by atoms with van der Waals surface area (Å²) in [5.41, 5.74) is 4.29. The molecule has 7 atom stereocenters. The van der Waals surface area contributed by atoms with E-state index in [2.05, 4.69) is 22.9 Å². The molecule has 0 spiro atoms. The maximum absolute atomic E-state index is 14.4. The first-order valence-electron chi connectivity index (χ1n) is 24.9. The summed E-state index contributed by atoms with van der Waals surface area (Å²) in [6.07, 6.45) is 6.40. The normalized spacial score (nSPS) is 16.8. The largest absolute Gasteiger partial charge is 0.480 e. The molecule has 0 saturated heterocycles. The summed E-state index contributed by atoms with van der Waals surface area (Å²) >= 11 is 0. The molecular formula is C49H88F2N6O12. The van der Waals surface area contributed by atoms with E-state index in [9.17, 15) is 47.4 Å². The third-order valence-electron chi connectivity index (χ3n) is 11.7. The fourth-order valence-corrected chi connectivity index (χ4v) is 7.79. The maximum Gasteiger partial charge on any atom is 0.407 e. The molecule has 1 fully saturated rings. The Balaban J connectivity index is 3.07. The number of hydrogen-bond donors (Lipinski definition) is 6. The Labute approximate surface area is 409 Å². The predicted molar refractivity (Wildman–Crippen MR) is 257 cm³/mol. The van der Waals surface area contributed by atoms with E-state index in [0.29, 0.717) is 25.7 Å². The van der Waals surface area contributed by atoms with Gasteiger partial charge in [0.1, 0.15) is 35.9 Å². The molecule has 20 heteroatoms. The molecule has 69 heavy (non-hydrogen) atoms. The summed E-state index contributed by atoms with van der Waals surface area (Å²) in [4.78, 5) is 93.3. The van der Waals surface area contributed by atoms with Crippen LogP contribution in [0.15, 0.2) is 0 Å². The number of alkyl halides is 2. The van der Waals surface area contributed by atoms with Crippen LogP contribution in [-0.2, 0) is 42.9 Å². The van der Waals surface area contributed by atoms with Gasteiger partial charge in [0, 0.05) is 20.1 Å². The van der Waals surface area contributed by atoms with E-state index in [1.807, 2.05) is 26.1 Å². The van der Waals surface area contributed by atoms with Crippen LogP contribution in [0.3, 0.4) is 0 Å². The number of alkyl carbamates (subject to hydrolysis) is 2. The Kier molecular flexibility index (Phi) is 27.8. The van der Waals surface area contributed by atoms with Gasteiger partial charge in [-0.15, -0.1) is 0 Å². The summed E-state index contributed by atoms with van der Waals surface area (Å²) in [6.45, 7) is 16.6. The van der Waals surface area contributed by atoms with E-state index in [0.717, 1.165) is 44.9 Å². The third-order valence-corrected chi connectivity index (χ3v) is 11.7. The molecule has 1 aliphatic rings. The van der Waals surface area contributed by atoms with Gasteiger partial charge in [-0.25, -0.2) is 23.2 Å². The summed E-state index contributed by atoms with van der Waals surface area (Å²) in [5.74, 6) is -7.98. The zero-order valence-corrected chi connectivity index (χ0v) is 43.6. The van der Waals surface area contributed by atoms with E-state index >= 15 is 0 Å². The average Bonchev–Trinajstić information content (AvgIpc) is 3.24. The van der Waals surface area contributed by atoms with Crippen molar-refractivity contribution in [3.63, 3.8) is 0 Å². The van der Waals surface area contributed by atoms with E-state index in [-0.39, 0.29) is 48.9 Å². The van der Waals surface area contributed by atoms with Crippen molar-refractivity contribution in [3.8, 4) is 0 Å². The standard InChI is InChI=1S/C49H88F2N6O12/c1-13-14-15-19-22-39(67-27-32(4)23-24-38(58)35(52)28-66-30-49(50,51)29-54-46(65)69-48(9,10)11)33(5)43(61)57(12)37(25-31(2)3)41(59)56-40(34-20-17-16-18-21-34)42(60)55-36(44(62)63)26-53-45(64)68-47(6,7)8/h31-37,39-40H,13-30,52H2,1-12H3,(H,53,64)(H,54,65)(H,55,60)(H,56,59)(H,62,63)/t32-,33+,35+,36-,37-,39+,40+/m1/s1. The second-order valence-electron chi connectivity index (χ2n) is 21.2. The van der Waals surface area contributed by atoms with Gasteiger partial charge in [0.05, 0.1) is 37.8 Å². The van der Waals surface area contributed by atoms with Crippen LogP contribution in [0.1, 0.15) is 160 Å². The molecule has 0 aliphatic heterocycles. The number of carbonyl (C=O) groups excluding carboxylic acids is 6. The number of aliphatic carboxylic acids is 1. The topological polar surface area (TPSA) is 254 Å². The lowest BCUT2D eigenvalue weighted by molar-refractivity contribution is -0.148. The number of carboxylic acid groups (broad SMARTS) is 1. The number of carboxylic acids is 1. The van der Waals surface area contributed by atoms with E-state index in [4.69, 9.17) is 24.7 Å². The van der Waals surface area contributed by atoms with Crippen molar-refractivity contribution in [2.45, 2.75) is 207 Å². The van der Waals surface area contributed by atoms with Crippen molar-refractivity contribution in [3.05, 3.63) is 0 Å². The van der Waals surface area contributed by atoms with Crippen molar-refractivity contribution in [1.29, 1.82) is 0 Å². The smallest absolute Gasteiger partial charge is 0.407 e. The molecule has 0 aromatic heterocycles. The fourth-order valence-electron chi connectivity index (χ4n) is 7.79. The number of carbonyl (C=O) groups is 7. The van der Waals surface area contributed by atoms with Crippen LogP contribution in [0, 0.1) is 23.7 Å². The highest BCUT2D eigenvalue weighted by atomic mass is 19.3. The molecule has 1 saturated carbocycles. The molecule has 0 aromatic rings. The molecule has 0 heterocycles. The third kappa shape index (κ3) is 26.6. The molecule has 0 radical (unpaired) electrons. The zero-order valence-electron chi connectivity index (χ0n) is 43.6. The predicted octanol–water partition coefficient (Wildman–Crippen LogP) is 6.50. The number of rotatable bonds is 31. The van der Waals surface area contributed by atoms with Gasteiger partial charge < -0.3 is 56.0 Å². The lowest BCUT2D eigenvalue weighted by Gasteiger charge is -2.36. The molecule has 18 nitrogen and oxygen atoms in total. The number of hydrogen-bond acceptors (Lipinski definition) is 12. The molecule has 1 rings (SSSR count). The number of unbranched alkanes of at least 4 members (excludes halogenated alkanes) is 3. The summed E-state index contributed by atoms with van der Waals surface area (Å²) in [6, 6.07) is -4.75. The Morgan fingerprint density at radius 2 is 1.39 bits per heavy atom. The Morgan fingerprint density at radius 1 is 0.797 bits per heavy atom. The maximum atomic E-state index is 14.4. The van der Waals surface area contributed by atoms with Crippen molar-refractivity contribution < 1.29 is 66.4 Å². The minimum atomic E-state index is -3.43. The van der Waals surface area contributed by atoms with Gasteiger partial charge >= 0.3 is 18.2 Å². The Morgan fingerprint density at radius 3 is 1.94 bits per heavy atom. The lowest BCUT2D eigenvalue weighted by atomic mass is 9.83. The van der Waals surface area contributed by atoms with Gasteiger partial charge in [-0.2, -0.15) is 0 Å². The number of ether oxygens (including phenoxy) is 4. The van der Waals surface area contributed by atoms with Crippen molar-refractivity contribution in [1.82, 2.24) is 26.2 Å². The summed E-state index contributed by atoms with van der Waals surface area (Å²) in [5, 5.41) is 19.8. The number of halogens is 2. The molecule has 0 aromatic carbocycles. The number of nitrogens with one attached hydrogen (secondary N) is 4. The number of ketones is 1. The second kappa shape index (κ2) is 30.5. The minimum absolute atomic E-state index is 0.0375. The van der Waals surface area contributed by atoms with Crippen LogP contribution in [0.5, 0.6) is 0 Å². The minimum Gasteiger partial charge on any atom is -0.480 e. The number of nitrogens with zero attached hydrogens (tertiary/aromatic N) is 1. The first kappa shape index (κ1) is 62.8. The average molecular weight is 991 g/mol. The molecule has 7 N–H and O–H groups in total. The molecule has 0 unspecified atom stereocenters. The number of likely N-dealkylation sites (N-methyl/N-ethyl adjacent to an activating group) is 1. The van der Waals surface area contributed by atoms with Gasteiger partial charge in [-0.3, -0.25) is 19.2 Å². The highest BCUT2D eigenvalue weighted by Gasteiger charge is 2.39. The van der Waals surface area contributed by atoms with Crippen molar-refractivity contribution in [2.75, 3.05) is 40.0 Å².